The van der Waals surface area contributed by atoms with Crippen LogP contribution in [0.4, 0.5) is 4.39 Å². The van der Waals surface area contributed by atoms with Crippen LogP contribution in [-0.4, -0.2) is 6.29 Å². The van der Waals surface area contributed by atoms with Crippen LogP contribution < -0.4 is 0 Å². The van der Waals surface area contributed by atoms with E-state index in [-0.39, 0.29) is 5.82 Å². The molecule has 1 aliphatic rings. The number of rotatable bonds is 1. The molecule has 0 atom stereocenters. The topological polar surface area (TPSA) is 17.1 Å². The largest absolute Gasteiger partial charge is 0.286 e. The average Bonchev–Trinajstić information content (AvgIpc) is 2.49. The van der Waals surface area contributed by atoms with Crippen LogP contribution in [0.25, 0.3) is 5.57 Å². The third-order valence-electron chi connectivity index (χ3n) is 2.38. The van der Waals surface area contributed by atoms with Crippen LogP contribution in [0.5, 0.6) is 0 Å². The zero-order valence-electron chi connectivity index (χ0n) is 7.31. The van der Waals surface area contributed by atoms with Gasteiger partial charge in [-0.05, 0) is 47.8 Å². The predicted molar refractivity (Wildman–Crippen MR) is 53.4 cm³/mol. The van der Waals surface area contributed by atoms with Crippen LogP contribution in [0.3, 0.4) is 0 Å². The lowest BCUT2D eigenvalue weighted by Crippen LogP contribution is -1.86. The molecule has 0 saturated heterocycles. The van der Waals surface area contributed by atoms with Crippen molar-refractivity contribution < 1.29 is 9.18 Å². The minimum atomic E-state index is -0.368. The number of allylic oxidation sites excluding steroid dienone is 2. The Hall–Kier alpha value is -1.15. The Labute approximate surface area is 86.2 Å². The fourth-order valence-electron chi connectivity index (χ4n) is 1.76. The number of carbonyl (C=O) groups excluding carboxylic acids is 1. The van der Waals surface area contributed by atoms with Crippen LogP contribution in [-0.2, 0) is 11.2 Å². The lowest BCUT2D eigenvalue weighted by molar-refractivity contribution is 0.564. The smallest absolute Gasteiger partial charge is 0.226 e. The second-order valence-corrected chi connectivity index (χ2v) is 3.61. The Morgan fingerprint density at radius 1 is 1.43 bits per heavy atom. The molecule has 1 radical (unpaired) electrons. The number of halogens is 2. The van der Waals surface area contributed by atoms with E-state index in [1.807, 2.05) is 0 Å². The van der Waals surface area contributed by atoms with Crippen molar-refractivity contribution >= 4 is 23.5 Å². The van der Waals surface area contributed by atoms with Gasteiger partial charge in [-0.2, -0.15) is 0 Å². The van der Waals surface area contributed by atoms with Crippen molar-refractivity contribution in [3.05, 3.63) is 40.2 Å². The molecular formula is C11H7ClFO. The third-order valence-corrected chi connectivity index (χ3v) is 2.72. The van der Waals surface area contributed by atoms with Crippen LogP contribution in [0.2, 0.25) is 5.02 Å². The van der Waals surface area contributed by atoms with Crippen LogP contribution in [0.1, 0.15) is 17.5 Å². The molecule has 0 aromatic heterocycles. The van der Waals surface area contributed by atoms with Crippen molar-refractivity contribution in [1.29, 1.82) is 0 Å². The quantitative estimate of drug-likeness (QED) is 0.650. The van der Waals surface area contributed by atoms with Crippen molar-refractivity contribution in [2.75, 3.05) is 0 Å². The van der Waals surface area contributed by atoms with Gasteiger partial charge in [0.25, 0.3) is 0 Å². The number of hydrogen-bond acceptors (Lipinski definition) is 1. The monoisotopic (exact) mass is 209 g/mol. The minimum Gasteiger partial charge on any atom is -0.286 e. The first-order chi connectivity index (χ1) is 6.72. The first kappa shape index (κ1) is 9.41. The zero-order chi connectivity index (χ0) is 10.1. The lowest BCUT2D eigenvalue weighted by atomic mass is 10.1. The summed E-state index contributed by atoms with van der Waals surface area (Å²) in [4.78, 5) is 10.2. The number of benzene rings is 1. The molecule has 0 fully saturated rings. The van der Waals surface area contributed by atoms with E-state index >= 15 is 0 Å². The van der Waals surface area contributed by atoms with Crippen molar-refractivity contribution in [3.8, 4) is 0 Å². The van der Waals surface area contributed by atoms with Crippen LogP contribution in [0, 0.1) is 5.82 Å². The van der Waals surface area contributed by atoms with E-state index in [2.05, 4.69) is 0 Å². The van der Waals surface area contributed by atoms with Gasteiger partial charge in [0.2, 0.25) is 6.29 Å². The molecule has 1 nitrogen and oxygen atoms in total. The molecular weight excluding hydrogens is 203 g/mol. The highest BCUT2D eigenvalue weighted by Gasteiger charge is 2.19. The van der Waals surface area contributed by atoms with E-state index in [0.717, 1.165) is 29.5 Å². The van der Waals surface area contributed by atoms with E-state index in [4.69, 9.17) is 11.6 Å². The van der Waals surface area contributed by atoms with Gasteiger partial charge in [-0.15, -0.1) is 0 Å². The van der Waals surface area contributed by atoms with Crippen LogP contribution in [0.15, 0.2) is 18.2 Å². The Kier molecular flexibility index (Phi) is 2.38. The summed E-state index contributed by atoms with van der Waals surface area (Å²) in [6.45, 7) is 0. The van der Waals surface area contributed by atoms with Crippen molar-refractivity contribution in [2.24, 2.45) is 0 Å². The van der Waals surface area contributed by atoms with Gasteiger partial charge in [0.05, 0.1) is 0 Å². The summed E-state index contributed by atoms with van der Waals surface area (Å²) in [7, 11) is 0. The Morgan fingerprint density at radius 3 is 2.93 bits per heavy atom. The summed E-state index contributed by atoms with van der Waals surface area (Å²) in [6.07, 6.45) is 4.56. The molecule has 0 N–H and O–H groups in total. The molecule has 0 saturated carbocycles. The SMILES string of the molecule is O=[C]/C=C1\CCc2c(Cl)cc(F)cc21. The third kappa shape index (κ3) is 1.46. The first-order valence-corrected chi connectivity index (χ1v) is 4.65. The lowest BCUT2D eigenvalue weighted by Gasteiger charge is -2.02. The highest BCUT2D eigenvalue weighted by molar-refractivity contribution is 6.31. The molecule has 14 heavy (non-hydrogen) atoms. The van der Waals surface area contributed by atoms with E-state index in [1.54, 1.807) is 6.29 Å². The summed E-state index contributed by atoms with van der Waals surface area (Å²) in [5.41, 5.74) is 2.49. The second kappa shape index (κ2) is 3.54. The zero-order valence-corrected chi connectivity index (χ0v) is 8.07. The summed E-state index contributed by atoms with van der Waals surface area (Å²) in [6, 6.07) is 2.71. The number of fused-ring (bicyclic) bond motifs is 1. The molecule has 1 aliphatic carbocycles. The van der Waals surface area contributed by atoms with Crippen molar-refractivity contribution in [1.82, 2.24) is 0 Å². The average molecular weight is 210 g/mol. The summed E-state index contributed by atoms with van der Waals surface area (Å²) >= 11 is 5.87. The van der Waals surface area contributed by atoms with Gasteiger partial charge < -0.3 is 0 Å². The molecule has 3 heteroatoms. The van der Waals surface area contributed by atoms with Gasteiger partial charge >= 0.3 is 0 Å². The van der Waals surface area contributed by atoms with Gasteiger partial charge in [0, 0.05) is 5.02 Å². The molecule has 2 rings (SSSR count). The maximum Gasteiger partial charge on any atom is 0.226 e. The number of hydrogen-bond donors (Lipinski definition) is 0. The van der Waals surface area contributed by atoms with Crippen molar-refractivity contribution in [2.45, 2.75) is 12.8 Å². The highest BCUT2D eigenvalue weighted by Crippen LogP contribution is 2.36. The van der Waals surface area contributed by atoms with Gasteiger partial charge in [-0.3, -0.25) is 4.79 Å². The van der Waals surface area contributed by atoms with E-state index in [0.29, 0.717) is 5.02 Å². The van der Waals surface area contributed by atoms with Gasteiger partial charge in [-0.1, -0.05) is 11.6 Å². The Bertz CT molecular complexity index is 424. The second-order valence-electron chi connectivity index (χ2n) is 3.20. The molecule has 0 unspecified atom stereocenters. The molecule has 1 aromatic rings. The Balaban J connectivity index is 2.60. The molecule has 0 heterocycles. The van der Waals surface area contributed by atoms with Crippen LogP contribution >= 0.6 is 11.6 Å². The Morgan fingerprint density at radius 2 is 2.21 bits per heavy atom. The summed E-state index contributed by atoms with van der Waals surface area (Å²) in [5.74, 6) is -0.368. The van der Waals surface area contributed by atoms with Gasteiger partial charge in [0.1, 0.15) is 5.82 Å². The van der Waals surface area contributed by atoms with Gasteiger partial charge in [-0.25, -0.2) is 4.39 Å². The molecule has 0 aliphatic heterocycles. The van der Waals surface area contributed by atoms with E-state index in [1.165, 1.54) is 18.2 Å². The van der Waals surface area contributed by atoms with E-state index in [9.17, 15) is 9.18 Å². The summed E-state index contributed by atoms with van der Waals surface area (Å²) in [5, 5.41) is 0.439. The fraction of sp³-hybridized carbons (Fsp3) is 0.182. The molecule has 0 amide bonds. The first-order valence-electron chi connectivity index (χ1n) is 4.27. The van der Waals surface area contributed by atoms with Gasteiger partial charge in [0.15, 0.2) is 0 Å². The standard InChI is InChI=1S/C11H7ClFO/c12-11-6-8(13)5-10-7(3-4-14)1-2-9(10)11/h3,5-6H,1-2H2/b7-3+. The molecule has 71 valence electrons. The van der Waals surface area contributed by atoms with Crippen molar-refractivity contribution in [3.63, 3.8) is 0 Å². The minimum absolute atomic E-state index is 0.368. The molecule has 1 aromatic carbocycles. The maximum absolute atomic E-state index is 13.0. The fourth-order valence-corrected chi connectivity index (χ4v) is 2.06. The molecule has 0 bridgehead atoms. The normalized spacial score (nSPS) is 17.1. The van der Waals surface area contributed by atoms with E-state index < -0.39 is 0 Å². The predicted octanol–water partition coefficient (Wildman–Crippen LogP) is 2.92. The highest BCUT2D eigenvalue weighted by atomic mass is 35.5. The molecule has 0 spiro atoms. The maximum atomic E-state index is 13.0. The summed E-state index contributed by atoms with van der Waals surface area (Å²) < 4.78 is 13.0.